The summed E-state index contributed by atoms with van der Waals surface area (Å²) in [5.74, 6) is 1.39. The van der Waals surface area contributed by atoms with Crippen molar-refractivity contribution in [1.29, 1.82) is 0 Å². The highest BCUT2D eigenvalue weighted by Gasteiger charge is 2.20. The number of likely N-dealkylation sites (N-methyl/N-ethyl adjacent to an activating group) is 1. The van der Waals surface area contributed by atoms with Crippen LogP contribution >= 0.6 is 0 Å². The first-order valence-corrected chi connectivity index (χ1v) is 6.62. The van der Waals surface area contributed by atoms with E-state index in [1.54, 1.807) is 0 Å². The standard InChI is InChI=1S/C13H22N4O/c1-4-18-12-9-10(2)15-13(16-12)17(3)8-7-14-11-5-6-11/h9,11,14H,4-8H2,1-3H3. The summed E-state index contributed by atoms with van der Waals surface area (Å²) in [4.78, 5) is 10.9. The van der Waals surface area contributed by atoms with Gasteiger partial charge in [0.15, 0.2) is 0 Å². The third kappa shape index (κ3) is 3.84. The first kappa shape index (κ1) is 13.1. The molecule has 1 aliphatic rings. The average molecular weight is 250 g/mol. The summed E-state index contributed by atoms with van der Waals surface area (Å²) in [6.45, 7) is 6.43. The highest BCUT2D eigenvalue weighted by atomic mass is 16.5. The van der Waals surface area contributed by atoms with Gasteiger partial charge in [-0.05, 0) is 26.7 Å². The molecule has 0 aliphatic heterocycles. The maximum absolute atomic E-state index is 5.44. The van der Waals surface area contributed by atoms with Crippen molar-refractivity contribution in [1.82, 2.24) is 15.3 Å². The molecule has 1 aromatic rings. The van der Waals surface area contributed by atoms with Crippen molar-refractivity contribution in [2.75, 3.05) is 31.6 Å². The number of nitrogens with one attached hydrogen (secondary N) is 1. The first-order chi connectivity index (χ1) is 8.69. The van der Waals surface area contributed by atoms with Crippen LogP contribution in [0.25, 0.3) is 0 Å². The molecule has 1 fully saturated rings. The normalized spacial score (nSPS) is 14.6. The zero-order valence-corrected chi connectivity index (χ0v) is 11.4. The Hall–Kier alpha value is -1.36. The Bertz CT molecular complexity index is 393. The fraction of sp³-hybridized carbons (Fsp3) is 0.692. The summed E-state index contributed by atoms with van der Waals surface area (Å²) < 4.78 is 5.44. The number of anilines is 1. The average Bonchev–Trinajstić information content (AvgIpc) is 3.12. The first-order valence-electron chi connectivity index (χ1n) is 6.62. The minimum Gasteiger partial charge on any atom is -0.478 e. The van der Waals surface area contributed by atoms with E-state index >= 15 is 0 Å². The zero-order valence-electron chi connectivity index (χ0n) is 11.4. The van der Waals surface area contributed by atoms with Gasteiger partial charge in [-0.25, -0.2) is 4.98 Å². The van der Waals surface area contributed by atoms with Gasteiger partial charge in [0, 0.05) is 37.9 Å². The van der Waals surface area contributed by atoms with Gasteiger partial charge < -0.3 is 15.0 Å². The number of aromatic nitrogens is 2. The fourth-order valence-electron chi connectivity index (χ4n) is 1.74. The molecule has 5 nitrogen and oxygen atoms in total. The van der Waals surface area contributed by atoms with Crippen molar-refractivity contribution in [2.45, 2.75) is 32.7 Å². The second-order valence-corrected chi connectivity index (χ2v) is 4.73. The van der Waals surface area contributed by atoms with Crippen LogP contribution in [0.4, 0.5) is 5.95 Å². The van der Waals surface area contributed by atoms with Gasteiger partial charge in [0.2, 0.25) is 11.8 Å². The SMILES string of the molecule is CCOc1cc(C)nc(N(C)CCNC2CC2)n1. The molecule has 0 unspecified atom stereocenters. The molecular weight excluding hydrogens is 228 g/mol. The molecule has 2 rings (SSSR count). The van der Waals surface area contributed by atoms with Gasteiger partial charge in [0.1, 0.15) is 0 Å². The molecule has 1 N–H and O–H groups in total. The molecule has 100 valence electrons. The molecular formula is C13H22N4O. The summed E-state index contributed by atoms with van der Waals surface area (Å²) in [6.07, 6.45) is 2.64. The number of hydrogen-bond acceptors (Lipinski definition) is 5. The van der Waals surface area contributed by atoms with E-state index in [-0.39, 0.29) is 0 Å². The van der Waals surface area contributed by atoms with Gasteiger partial charge in [0.05, 0.1) is 6.61 Å². The van der Waals surface area contributed by atoms with Crippen molar-refractivity contribution in [3.63, 3.8) is 0 Å². The van der Waals surface area contributed by atoms with Crippen LogP contribution in [0.1, 0.15) is 25.5 Å². The molecule has 0 radical (unpaired) electrons. The Balaban J connectivity index is 1.92. The topological polar surface area (TPSA) is 50.3 Å². The van der Waals surface area contributed by atoms with Crippen molar-refractivity contribution in [3.8, 4) is 5.88 Å². The second kappa shape index (κ2) is 6.00. The number of ether oxygens (including phenoxy) is 1. The summed E-state index contributed by atoms with van der Waals surface area (Å²) in [6, 6.07) is 2.61. The summed E-state index contributed by atoms with van der Waals surface area (Å²) in [5.41, 5.74) is 0.936. The number of rotatable bonds is 7. The van der Waals surface area contributed by atoms with E-state index in [4.69, 9.17) is 4.74 Å². The lowest BCUT2D eigenvalue weighted by atomic mass is 10.4. The molecule has 0 atom stereocenters. The molecule has 1 aliphatic carbocycles. The van der Waals surface area contributed by atoms with E-state index < -0.39 is 0 Å². The highest BCUT2D eigenvalue weighted by Crippen LogP contribution is 2.18. The molecule has 1 aromatic heterocycles. The van der Waals surface area contributed by atoms with E-state index in [9.17, 15) is 0 Å². The molecule has 18 heavy (non-hydrogen) atoms. The van der Waals surface area contributed by atoms with Crippen LogP contribution in [0.15, 0.2) is 6.07 Å². The van der Waals surface area contributed by atoms with Gasteiger partial charge in [-0.3, -0.25) is 0 Å². The van der Waals surface area contributed by atoms with Crippen LogP contribution in [-0.2, 0) is 0 Å². The Morgan fingerprint density at radius 3 is 2.89 bits per heavy atom. The Morgan fingerprint density at radius 2 is 2.22 bits per heavy atom. The largest absolute Gasteiger partial charge is 0.478 e. The number of nitrogens with zero attached hydrogens (tertiary/aromatic N) is 3. The van der Waals surface area contributed by atoms with Crippen molar-refractivity contribution < 1.29 is 4.74 Å². The smallest absolute Gasteiger partial charge is 0.228 e. The summed E-state index contributed by atoms with van der Waals surface area (Å²) >= 11 is 0. The quantitative estimate of drug-likeness (QED) is 0.792. The fourth-order valence-corrected chi connectivity index (χ4v) is 1.74. The van der Waals surface area contributed by atoms with Gasteiger partial charge in [-0.1, -0.05) is 0 Å². The van der Waals surface area contributed by atoms with E-state index in [2.05, 4.69) is 20.2 Å². The van der Waals surface area contributed by atoms with Crippen LogP contribution in [0.2, 0.25) is 0 Å². The Morgan fingerprint density at radius 1 is 1.44 bits per heavy atom. The number of aryl methyl sites for hydroxylation is 1. The third-order valence-corrected chi connectivity index (χ3v) is 2.91. The molecule has 1 heterocycles. The summed E-state index contributed by atoms with van der Waals surface area (Å²) in [7, 11) is 2.01. The van der Waals surface area contributed by atoms with Gasteiger partial charge in [-0.2, -0.15) is 4.98 Å². The van der Waals surface area contributed by atoms with Crippen molar-refractivity contribution >= 4 is 5.95 Å². The van der Waals surface area contributed by atoms with Crippen LogP contribution in [0, 0.1) is 6.92 Å². The van der Waals surface area contributed by atoms with E-state index in [0.717, 1.165) is 30.8 Å². The lowest BCUT2D eigenvalue weighted by molar-refractivity contribution is 0.326. The molecule has 0 bridgehead atoms. The van der Waals surface area contributed by atoms with Crippen LogP contribution in [-0.4, -0.2) is 42.8 Å². The minimum absolute atomic E-state index is 0.628. The molecule has 1 saturated carbocycles. The monoisotopic (exact) mass is 250 g/mol. The molecule has 0 aromatic carbocycles. The Kier molecular flexibility index (Phi) is 4.36. The van der Waals surface area contributed by atoms with Crippen LogP contribution < -0.4 is 15.0 Å². The number of hydrogen-bond donors (Lipinski definition) is 1. The van der Waals surface area contributed by atoms with Gasteiger partial charge in [-0.15, -0.1) is 0 Å². The van der Waals surface area contributed by atoms with Crippen molar-refractivity contribution in [3.05, 3.63) is 11.8 Å². The summed E-state index contributed by atoms with van der Waals surface area (Å²) in [5, 5.41) is 3.48. The van der Waals surface area contributed by atoms with E-state index in [0.29, 0.717) is 12.5 Å². The van der Waals surface area contributed by atoms with Gasteiger partial charge in [0.25, 0.3) is 0 Å². The molecule has 5 heteroatoms. The van der Waals surface area contributed by atoms with Crippen molar-refractivity contribution in [2.24, 2.45) is 0 Å². The molecule has 0 spiro atoms. The highest BCUT2D eigenvalue weighted by molar-refractivity contribution is 5.33. The minimum atomic E-state index is 0.628. The lowest BCUT2D eigenvalue weighted by Gasteiger charge is -2.18. The third-order valence-electron chi connectivity index (χ3n) is 2.91. The predicted molar refractivity (Wildman–Crippen MR) is 72.2 cm³/mol. The maximum atomic E-state index is 5.44. The second-order valence-electron chi connectivity index (χ2n) is 4.73. The molecule has 0 saturated heterocycles. The van der Waals surface area contributed by atoms with Gasteiger partial charge >= 0.3 is 0 Å². The van der Waals surface area contributed by atoms with Crippen LogP contribution in [0.5, 0.6) is 5.88 Å². The molecule has 0 amide bonds. The van der Waals surface area contributed by atoms with Crippen LogP contribution in [0.3, 0.4) is 0 Å². The lowest BCUT2D eigenvalue weighted by Crippen LogP contribution is -2.31. The Labute approximate surface area is 109 Å². The maximum Gasteiger partial charge on any atom is 0.228 e. The zero-order chi connectivity index (χ0) is 13.0. The predicted octanol–water partition coefficient (Wildman–Crippen LogP) is 1.37. The van der Waals surface area contributed by atoms with E-state index in [1.165, 1.54) is 12.8 Å². The van der Waals surface area contributed by atoms with E-state index in [1.807, 2.05) is 27.0 Å².